The largest absolute Gasteiger partial charge is 0.377 e. The zero-order valence-electron chi connectivity index (χ0n) is 12.9. The Morgan fingerprint density at radius 1 is 1.05 bits per heavy atom. The van der Waals surface area contributed by atoms with Gasteiger partial charge in [0.2, 0.25) is 0 Å². The molecule has 0 bridgehead atoms. The van der Waals surface area contributed by atoms with Crippen molar-refractivity contribution in [1.29, 1.82) is 0 Å². The van der Waals surface area contributed by atoms with Crippen LogP contribution in [-0.2, 0) is 0 Å². The Balaban J connectivity index is 1.88. The molecule has 1 aliphatic carbocycles. The molecule has 0 amide bonds. The van der Waals surface area contributed by atoms with Crippen LogP contribution in [0.25, 0.3) is 0 Å². The standard InChI is InChI=1S/C20H20ClN/c1-12-10-11-13(2)19-18(12)14-7-5-8-15(14)20(22-19)16-6-3-4-9-17(16)21/h3-7,9-11,14-15,20,22H,8H2,1-2H3/t14-,15+,20+/m1/s1. The Bertz CT molecular complexity index is 762. The number of fused-ring (bicyclic) bond motifs is 3. The lowest BCUT2D eigenvalue weighted by atomic mass is 9.75. The third kappa shape index (κ3) is 1.99. The first-order valence-electron chi connectivity index (χ1n) is 7.94. The second-order valence-electron chi connectivity index (χ2n) is 6.49. The van der Waals surface area contributed by atoms with Crippen LogP contribution in [-0.4, -0.2) is 0 Å². The zero-order valence-corrected chi connectivity index (χ0v) is 13.7. The molecule has 3 atom stereocenters. The van der Waals surface area contributed by atoms with Crippen LogP contribution >= 0.6 is 11.6 Å². The van der Waals surface area contributed by atoms with Crippen LogP contribution in [0, 0.1) is 19.8 Å². The molecule has 1 nitrogen and oxygen atoms in total. The first kappa shape index (κ1) is 13.9. The summed E-state index contributed by atoms with van der Waals surface area (Å²) in [5, 5.41) is 4.67. The number of hydrogen-bond acceptors (Lipinski definition) is 1. The van der Waals surface area contributed by atoms with Gasteiger partial charge in [-0.05, 0) is 54.5 Å². The van der Waals surface area contributed by atoms with E-state index in [9.17, 15) is 0 Å². The van der Waals surface area contributed by atoms with Crippen LogP contribution in [0.15, 0.2) is 48.6 Å². The molecule has 1 N–H and O–H groups in total. The van der Waals surface area contributed by atoms with Gasteiger partial charge in [-0.2, -0.15) is 0 Å². The third-order valence-electron chi connectivity index (χ3n) is 5.19. The number of aryl methyl sites for hydroxylation is 2. The molecule has 22 heavy (non-hydrogen) atoms. The fraction of sp³-hybridized carbons (Fsp3) is 0.300. The van der Waals surface area contributed by atoms with Gasteiger partial charge in [0.1, 0.15) is 0 Å². The lowest BCUT2D eigenvalue weighted by Crippen LogP contribution is -2.30. The van der Waals surface area contributed by atoms with Gasteiger partial charge in [0.15, 0.2) is 0 Å². The molecule has 4 rings (SSSR count). The van der Waals surface area contributed by atoms with Crippen LogP contribution in [0.3, 0.4) is 0 Å². The van der Waals surface area contributed by atoms with Crippen molar-refractivity contribution in [3.05, 3.63) is 75.8 Å². The summed E-state index contributed by atoms with van der Waals surface area (Å²) in [5.41, 5.74) is 6.69. The Hall–Kier alpha value is -1.73. The van der Waals surface area contributed by atoms with Crippen molar-refractivity contribution in [3.8, 4) is 0 Å². The third-order valence-corrected chi connectivity index (χ3v) is 5.53. The molecule has 2 aliphatic rings. The Morgan fingerprint density at radius 3 is 2.64 bits per heavy atom. The van der Waals surface area contributed by atoms with Gasteiger partial charge in [0.05, 0.1) is 6.04 Å². The van der Waals surface area contributed by atoms with Crippen molar-refractivity contribution >= 4 is 17.3 Å². The number of anilines is 1. The van der Waals surface area contributed by atoms with E-state index < -0.39 is 0 Å². The molecule has 1 aliphatic heterocycles. The van der Waals surface area contributed by atoms with Crippen LogP contribution in [0.4, 0.5) is 5.69 Å². The molecule has 0 aromatic heterocycles. The molecule has 0 saturated carbocycles. The first-order valence-corrected chi connectivity index (χ1v) is 8.32. The maximum absolute atomic E-state index is 6.49. The van der Waals surface area contributed by atoms with E-state index in [1.54, 1.807) is 0 Å². The van der Waals surface area contributed by atoms with Gasteiger partial charge in [0, 0.05) is 16.6 Å². The predicted molar refractivity (Wildman–Crippen MR) is 93.7 cm³/mol. The summed E-state index contributed by atoms with van der Waals surface area (Å²) >= 11 is 6.49. The van der Waals surface area contributed by atoms with E-state index in [0.29, 0.717) is 11.8 Å². The lowest BCUT2D eigenvalue weighted by molar-refractivity contribution is 0.424. The van der Waals surface area contributed by atoms with E-state index in [1.165, 1.54) is 27.9 Å². The number of rotatable bonds is 1. The van der Waals surface area contributed by atoms with Gasteiger partial charge < -0.3 is 5.32 Å². The number of benzene rings is 2. The van der Waals surface area contributed by atoms with Crippen molar-refractivity contribution in [3.63, 3.8) is 0 Å². The van der Waals surface area contributed by atoms with E-state index in [2.05, 4.69) is 55.6 Å². The zero-order chi connectivity index (χ0) is 15.3. The number of allylic oxidation sites excluding steroid dienone is 2. The quantitative estimate of drug-likeness (QED) is 0.658. The van der Waals surface area contributed by atoms with Crippen molar-refractivity contribution in [2.24, 2.45) is 5.92 Å². The molecule has 0 spiro atoms. The van der Waals surface area contributed by atoms with Gasteiger partial charge in [-0.15, -0.1) is 0 Å². The summed E-state index contributed by atoms with van der Waals surface area (Å²) in [6.45, 7) is 4.41. The number of halogens is 1. The molecule has 112 valence electrons. The van der Waals surface area contributed by atoms with Gasteiger partial charge >= 0.3 is 0 Å². The van der Waals surface area contributed by atoms with Gasteiger partial charge in [-0.3, -0.25) is 0 Å². The molecule has 1 heterocycles. The van der Waals surface area contributed by atoms with Gasteiger partial charge in [-0.1, -0.05) is 54.1 Å². The van der Waals surface area contributed by atoms with Crippen molar-refractivity contribution in [1.82, 2.24) is 0 Å². The fourth-order valence-electron chi connectivity index (χ4n) is 4.08. The number of nitrogens with one attached hydrogen (secondary N) is 1. The molecular weight excluding hydrogens is 290 g/mol. The average molecular weight is 310 g/mol. The predicted octanol–water partition coefficient (Wildman–Crippen LogP) is 5.78. The number of hydrogen-bond donors (Lipinski definition) is 1. The fourth-order valence-corrected chi connectivity index (χ4v) is 4.33. The minimum atomic E-state index is 0.279. The van der Waals surface area contributed by atoms with Crippen molar-refractivity contribution in [2.75, 3.05) is 5.32 Å². The SMILES string of the molecule is Cc1ccc(C)c2c1N[C@H](c1ccccc1Cl)[C@H]1CC=C[C@@H]21. The highest BCUT2D eigenvalue weighted by Crippen LogP contribution is 2.52. The molecule has 2 heteroatoms. The smallest absolute Gasteiger partial charge is 0.0568 e. The minimum Gasteiger partial charge on any atom is -0.377 e. The second-order valence-corrected chi connectivity index (χ2v) is 6.89. The summed E-state index contributed by atoms with van der Waals surface area (Å²) in [7, 11) is 0. The normalized spacial score (nSPS) is 25.5. The maximum atomic E-state index is 6.49. The van der Waals surface area contributed by atoms with Crippen molar-refractivity contribution in [2.45, 2.75) is 32.2 Å². The van der Waals surface area contributed by atoms with Crippen LogP contribution in [0.1, 0.15) is 40.6 Å². The maximum Gasteiger partial charge on any atom is 0.0568 e. The molecule has 0 unspecified atom stereocenters. The van der Waals surface area contributed by atoms with E-state index in [-0.39, 0.29) is 6.04 Å². The van der Waals surface area contributed by atoms with Gasteiger partial charge in [-0.25, -0.2) is 0 Å². The molecule has 2 aromatic carbocycles. The topological polar surface area (TPSA) is 12.0 Å². The van der Waals surface area contributed by atoms with Gasteiger partial charge in [0.25, 0.3) is 0 Å². The highest BCUT2D eigenvalue weighted by Gasteiger charge is 2.39. The van der Waals surface area contributed by atoms with Crippen LogP contribution < -0.4 is 5.32 Å². The molecule has 0 radical (unpaired) electrons. The summed E-state index contributed by atoms with van der Waals surface area (Å²) in [6.07, 6.45) is 5.83. The summed E-state index contributed by atoms with van der Waals surface area (Å²) in [5.74, 6) is 1.05. The summed E-state index contributed by atoms with van der Waals surface area (Å²) < 4.78 is 0. The van der Waals surface area contributed by atoms with E-state index >= 15 is 0 Å². The van der Waals surface area contributed by atoms with E-state index in [4.69, 9.17) is 11.6 Å². The average Bonchev–Trinajstić information content (AvgIpc) is 3.00. The molecule has 0 fully saturated rings. The highest BCUT2D eigenvalue weighted by atomic mass is 35.5. The lowest BCUT2D eigenvalue weighted by Gasteiger charge is -2.39. The minimum absolute atomic E-state index is 0.279. The molecule has 2 aromatic rings. The monoisotopic (exact) mass is 309 g/mol. The van der Waals surface area contributed by atoms with E-state index in [0.717, 1.165) is 11.4 Å². The van der Waals surface area contributed by atoms with E-state index in [1.807, 2.05) is 12.1 Å². The van der Waals surface area contributed by atoms with Crippen molar-refractivity contribution < 1.29 is 0 Å². The highest BCUT2D eigenvalue weighted by molar-refractivity contribution is 6.31. The van der Waals surface area contributed by atoms with Crippen LogP contribution in [0.5, 0.6) is 0 Å². The molecular formula is C20H20ClN. The Morgan fingerprint density at radius 2 is 1.82 bits per heavy atom. The Labute approximate surface area is 137 Å². The molecule has 0 saturated heterocycles. The Kier molecular flexibility index (Phi) is 3.27. The second kappa shape index (κ2) is 5.17. The summed E-state index contributed by atoms with van der Waals surface area (Å²) in [6, 6.07) is 13.0. The first-order chi connectivity index (χ1) is 10.7. The van der Waals surface area contributed by atoms with Crippen LogP contribution in [0.2, 0.25) is 5.02 Å². The summed E-state index contributed by atoms with van der Waals surface area (Å²) in [4.78, 5) is 0.